The summed E-state index contributed by atoms with van der Waals surface area (Å²) in [6.45, 7) is 2.69. The van der Waals surface area contributed by atoms with Crippen LogP contribution in [-0.2, 0) is 6.54 Å². The lowest BCUT2D eigenvalue weighted by atomic mass is 9.92. The minimum atomic E-state index is 0.564. The Labute approximate surface area is 113 Å². The largest absolute Gasteiger partial charge is 0.326 e. The molecule has 0 saturated heterocycles. The molecule has 0 saturated carbocycles. The van der Waals surface area contributed by atoms with Crippen LogP contribution in [0.25, 0.3) is 21.9 Å². The predicted octanol–water partition coefficient (Wildman–Crippen LogP) is 4.27. The van der Waals surface area contributed by atoms with Gasteiger partial charge >= 0.3 is 0 Å². The van der Waals surface area contributed by atoms with E-state index in [0.29, 0.717) is 6.54 Å². The Morgan fingerprint density at radius 2 is 1.63 bits per heavy atom. The van der Waals surface area contributed by atoms with Crippen LogP contribution in [0.1, 0.15) is 11.1 Å². The monoisotopic (exact) mass is 247 g/mol. The van der Waals surface area contributed by atoms with Gasteiger partial charge in [-0.25, -0.2) is 0 Å². The molecule has 0 aliphatic heterocycles. The Kier molecular flexibility index (Phi) is 3.06. The molecular weight excluding hydrogens is 230 g/mol. The lowest BCUT2D eigenvalue weighted by Gasteiger charge is -2.13. The number of benzene rings is 3. The van der Waals surface area contributed by atoms with Crippen molar-refractivity contribution in [3.05, 3.63) is 71.8 Å². The lowest BCUT2D eigenvalue weighted by Crippen LogP contribution is -1.99. The highest BCUT2D eigenvalue weighted by Crippen LogP contribution is 2.32. The first kappa shape index (κ1) is 11.9. The summed E-state index contributed by atoms with van der Waals surface area (Å²) in [6.07, 6.45) is 0. The summed E-state index contributed by atoms with van der Waals surface area (Å²) in [7, 11) is 0. The minimum absolute atomic E-state index is 0.564. The second-order valence-electron chi connectivity index (χ2n) is 4.89. The van der Waals surface area contributed by atoms with Crippen LogP contribution in [0.4, 0.5) is 0 Å². The fourth-order valence-corrected chi connectivity index (χ4v) is 2.59. The number of hydrogen-bond donors (Lipinski definition) is 1. The molecule has 0 aliphatic carbocycles. The molecule has 3 aromatic carbocycles. The van der Waals surface area contributed by atoms with Crippen LogP contribution < -0.4 is 5.73 Å². The van der Waals surface area contributed by atoms with Crippen LogP contribution in [0.3, 0.4) is 0 Å². The molecular formula is C18H17N. The van der Waals surface area contributed by atoms with Gasteiger partial charge in [-0.1, -0.05) is 66.2 Å². The molecule has 0 unspecified atom stereocenters. The first-order valence-electron chi connectivity index (χ1n) is 6.57. The Balaban J connectivity index is 2.39. The third-order valence-electron chi connectivity index (χ3n) is 3.55. The van der Waals surface area contributed by atoms with Crippen LogP contribution >= 0.6 is 0 Å². The number of rotatable bonds is 2. The van der Waals surface area contributed by atoms with Crippen molar-refractivity contribution in [2.45, 2.75) is 13.5 Å². The molecule has 3 aromatic rings. The fraction of sp³-hybridized carbons (Fsp3) is 0.111. The van der Waals surface area contributed by atoms with Crippen molar-refractivity contribution >= 4 is 10.8 Å². The maximum absolute atomic E-state index is 5.92. The van der Waals surface area contributed by atoms with Gasteiger partial charge in [0.25, 0.3) is 0 Å². The van der Waals surface area contributed by atoms with E-state index in [2.05, 4.69) is 61.5 Å². The van der Waals surface area contributed by atoms with Crippen molar-refractivity contribution in [1.82, 2.24) is 0 Å². The summed E-state index contributed by atoms with van der Waals surface area (Å²) in [5.41, 5.74) is 10.9. The van der Waals surface area contributed by atoms with Gasteiger partial charge in [0.05, 0.1) is 0 Å². The van der Waals surface area contributed by atoms with Gasteiger partial charge in [0.15, 0.2) is 0 Å². The van der Waals surface area contributed by atoms with E-state index in [1.165, 1.54) is 33.0 Å². The third kappa shape index (κ3) is 2.13. The second kappa shape index (κ2) is 4.87. The zero-order valence-electron chi connectivity index (χ0n) is 11.1. The molecule has 0 amide bonds. The Hall–Kier alpha value is -2.12. The van der Waals surface area contributed by atoms with E-state index in [9.17, 15) is 0 Å². The standard InChI is InChI=1S/C18H17N/c1-13-7-8-14-9-10-16(12-19)18(17(14)11-13)15-5-3-2-4-6-15/h2-11H,12,19H2,1H3. The molecule has 0 aliphatic rings. The highest BCUT2D eigenvalue weighted by atomic mass is 14.5. The maximum Gasteiger partial charge on any atom is 0.0184 e. The van der Waals surface area contributed by atoms with Gasteiger partial charge in [0, 0.05) is 6.54 Å². The van der Waals surface area contributed by atoms with Gasteiger partial charge in [0.2, 0.25) is 0 Å². The Morgan fingerprint density at radius 1 is 0.895 bits per heavy atom. The summed E-state index contributed by atoms with van der Waals surface area (Å²) in [5, 5.41) is 2.55. The van der Waals surface area contributed by atoms with Crippen molar-refractivity contribution in [3.8, 4) is 11.1 Å². The van der Waals surface area contributed by atoms with Gasteiger partial charge < -0.3 is 5.73 Å². The smallest absolute Gasteiger partial charge is 0.0184 e. The van der Waals surface area contributed by atoms with Crippen molar-refractivity contribution in [2.24, 2.45) is 5.73 Å². The van der Waals surface area contributed by atoms with Crippen molar-refractivity contribution in [1.29, 1.82) is 0 Å². The van der Waals surface area contributed by atoms with Gasteiger partial charge in [-0.15, -0.1) is 0 Å². The van der Waals surface area contributed by atoms with Crippen LogP contribution in [-0.4, -0.2) is 0 Å². The van der Waals surface area contributed by atoms with Crippen LogP contribution in [0, 0.1) is 6.92 Å². The van der Waals surface area contributed by atoms with Gasteiger partial charge in [0.1, 0.15) is 0 Å². The topological polar surface area (TPSA) is 26.0 Å². The zero-order chi connectivity index (χ0) is 13.2. The summed E-state index contributed by atoms with van der Waals surface area (Å²) in [4.78, 5) is 0. The lowest BCUT2D eigenvalue weighted by molar-refractivity contribution is 1.08. The molecule has 19 heavy (non-hydrogen) atoms. The molecule has 0 radical (unpaired) electrons. The molecule has 0 spiro atoms. The molecule has 0 fully saturated rings. The number of nitrogens with two attached hydrogens (primary N) is 1. The fourth-order valence-electron chi connectivity index (χ4n) is 2.59. The molecule has 1 heteroatoms. The minimum Gasteiger partial charge on any atom is -0.326 e. The van der Waals surface area contributed by atoms with E-state index in [1.807, 2.05) is 6.07 Å². The highest BCUT2D eigenvalue weighted by molar-refractivity contribution is 5.98. The molecule has 94 valence electrons. The van der Waals surface area contributed by atoms with E-state index < -0.39 is 0 Å². The molecule has 0 aromatic heterocycles. The van der Waals surface area contributed by atoms with Gasteiger partial charge in [-0.3, -0.25) is 0 Å². The van der Waals surface area contributed by atoms with Gasteiger partial charge in [-0.2, -0.15) is 0 Å². The van der Waals surface area contributed by atoms with E-state index >= 15 is 0 Å². The SMILES string of the molecule is Cc1ccc2ccc(CN)c(-c3ccccc3)c2c1. The average molecular weight is 247 g/mol. The van der Waals surface area contributed by atoms with Crippen molar-refractivity contribution < 1.29 is 0 Å². The van der Waals surface area contributed by atoms with Crippen LogP contribution in [0.15, 0.2) is 60.7 Å². The average Bonchev–Trinajstić information content (AvgIpc) is 2.46. The molecule has 0 atom stereocenters. The summed E-state index contributed by atoms with van der Waals surface area (Å²) < 4.78 is 0. The van der Waals surface area contributed by atoms with Crippen LogP contribution in [0.5, 0.6) is 0 Å². The number of fused-ring (bicyclic) bond motifs is 1. The summed E-state index contributed by atoms with van der Waals surface area (Å²) in [6, 6.07) is 21.4. The van der Waals surface area contributed by atoms with E-state index in [1.54, 1.807) is 0 Å². The highest BCUT2D eigenvalue weighted by Gasteiger charge is 2.08. The van der Waals surface area contributed by atoms with E-state index in [4.69, 9.17) is 5.73 Å². The van der Waals surface area contributed by atoms with E-state index in [-0.39, 0.29) is 0 Å². The van der Waals surface area contributed by atoms with Crippen molar-refractivity contribution in [2.75, 3.05) is 0 Å². The van der Waals surface area contributed by atoms with Crippen molar-refractivity contribution in [3.63, 3.8) is 0 Å². The van der Waals surface area contributed by atoms with E-state index in [0.717, 1.165) is 0 Å². The normalized spacial score (nSPS) is 10.8. The molecule has 2 N–H and O–H groups in total. The molecule has 0 bridgehead atoms. The summed E-state index contributed by atoms with van der Waals surface area (Å²) in [5.74, 6) is 0. The zero-order valence-corrected chi connectivity index (χ0v) is 11.1. The van der Waals surface area contributed by atoms with Gasteiger partial charge in [-0.05, 0) is 34.4 Å². The van der Waals surface area contributed by atoms with Crippen LogP contribution in [0.2, 0.25) is 0 Å². The summed E-state index contributed by atoms with van der Waals surface area (Å²) >= 11 is 0. The maximum atomic E-state index is 5.92. The first-order chi connectivity index (χ1) is 9.29. The third-order valence-corrected chi connectivity index (χ3v) is 3.55. The first-order valence-corrected chi connectivity index (χ1v) is 6.57. The molecule has 0 heterocycles. The predicted molar refractivity (Wildman–Crippen MR) is 82.0 cm³/mol. The second-order valence-corrected chi connectivity index (χ2v) is 4.89. The molecule has 1 nitrogen and oxygen atoms in total. The Bertz CT molecular complexity index is 714. The molecule has 3 rings (SSSR count). The quantitative estimate of drug-likeness (QED) is 0.719. The number of hydrogen-bond acceptors (Lipinski definition) is 1. The Morgan fingerprint density at radius 3 is 2.37 bits per heavy atom. The number of aryl methyl sites for hydroxylation is 1.